The van der Waals surface area contributed by atoms with Gasteiger partial charge in [0.2, 0.25) is 5.95 Å². The zero-order valence-corrected chi connectivity index (χ0v) is 13.2. The van der Waals surface area contributed by atoms with Gasteiger partial charge in [-0.25, -0.2) is 9.97 Å². The molecule has 0 N–H and O–H groups in total. The van der Waals surface area contributed by atoms with Crippen molar-refractivity contribution in [2.75, 3.05) is 50.8 Å². The van der Waals surface area contributed by atoms with E-state index in [0.717, 1.165) is 57.4 Å². The SMILES string of the molecule is CCN1CCOCC2(CCCN(c3ncc(C)cn3)C2)C1. The van der Waals surface area contributed by atoms with E-state index in [1.807, 2.05) is 19.3 Å². The molecule has 0 amide bonds. The van der Waals surface area contributed by atoms with E-state index in [1.54, 1.807) is 0 Å². The fraction of sp³-hybridized carbons (Fsp3) is 0.750. The molecule has 21 heavy (non-hydrogen) atoms. The van der Waals surface area contributed by atoms with Crippen LogP contribution in [-0.4, -0.2) is 60.8 Å². The molecule has 0 radical (unpaired) electrons. The predicted molar refractivity (Wildman–Crippen MR) is 83.6 cm³/mol. The lowest BCUT2D eigenvalue weighted by atomic mass is 9.80. The second-order valence-corrected chi connectivity index (χ2v) is 6.51. The third-order valence-corrected chi connectivity index (χ3v) is 4.68. The van der Waals surface area contributed by atoms with E-state index in [-0.39, 0.29) is 5.41 Å². The van der Waals surface area contributed by atoms with Crippen LogP contribution in [0, 0.1) is 12.3 Å². The second kappa shape index (κ2) is 6.28. The Morgan fingerprint density at radius 3 is 2.81 bits per heavy atom. The van der Waals surface area contributed by atoms with Gasteiger partial charge in [-0.1, -0.05) is 6.92 Å². The maximum atomic E-state index is 5.91. The van der Waals surface area contributed by atoms with Gasteiger partial charge in [-0.2, -0.15) is 0 Å². The zero-order valence-electron chi connectivity index (χ0n) is 13.2. The number of ether oxygens (including phenoxy) is 1. The summed E-state index contributed by atoms with van der Waals surface area (Å²) in [6, 6.07) is 0. The maximum absolute atomic E-state index is 5.91. The highest BCUT2D eigenvalue weighted by Gasteiger charge is 2.39. The van der Waals surface area contributed by atoms with E-state index in [1.165, 1.54) is 12.8 Å². The highest BCUT2D eigenvalue weighted by molar-refractivity contribution is 5.31. The highest BCUT2D eigenvalue weighted by atomic mass is 16.5. The van der Waals surface area contributed by atoms with Crippen LogP contribution >= 0.6 is 0 Å². The molecule has 0 aliphatic carbocycles. The van der Waals surface area contributed by atoms with Crippen molar-refractivity contribution in [2.45, 2.75) is 26.7 Å². The van der Waals surface area contributed by atoms with Crippen LogP contribution in [0.5, 0.6) is 0 Å². The van der Waals surface area contributed by atoms with Gasteiger partial charge in [-0.05, 0) is 31.9 Å². The number of hydrogen-bond donors (Lipinski definition) is 0. The number of rotatable bonds is 2. The monoisotopic (exact) mass is 290 g/mol. The molecule has 1 spiro atoms. The van der Waals surface area contributed by atoms with E-state index in [0.29, 0.717) is 0 Å². The maximum Gasteiger partial charge on any atom is 0.225 e. The lowest BCUT2D eigenvalue weighted by molar-refractivity contribution is 0.0560. The van der Waals surface area contributed by atoms with Crippen LogP contribution in [0.15, 0.2) is 12.4 Å². The molecule has 5 heteroatoms. The van der Waals surface area contributed by atoms with Crippen molar-refractivity contribution in [1.82, 2.24) is 14.9 Å². The Kier molecular flexibility index (Phi) is 4.40. The average molecular weight is 290 g/mol. The largest absolute Gasteiger partial charge is 0.379 e. The van der Waals surface area contributed by atoms with Gasteiger partial charge in [0.05, 0.1) is 13.2 Å². The molecule has 3 rings (SSSR count). The van der Waals surface area contributed by atoms with Crippen LogP contribution in [-0.2, 0) is 4.74 Å². The summed E-state index contributed by atoms with van der Waals surface area (Å²) in [7, 11) is 0. The fourth-order valence-corrected chi connectivity index (χ4v) is 3.53. The van der Waals surface area contributed by atoms with Gasteiger partial charge in [0.1, 0.15) is 0 Å². The van der Waals surface area contributed by atoms with Crippen LogP contribution in [0.3, 0.4) is 0 Å². The Morgan fingerprint density at radius 1 is 1.24 bits per heavy atom. The molecule has 2 aliphatic heterocycles. The smallest absolute Gasteiger partial charge is 0.225 e. The molecule has 2 fully saturated rings. The molecule has 0 aromatic carbocycles. The topological polar surface area (TPSA) is 41.5 Å². The molecule has 116 valence electrons. The van der Waals surface area contributed by atoms with Crippen LogP contribution in [0.1, 0.15) is 25.3 Å². The Morgan fingerprint density at radius 2 is 2.05 bits per heavy atom. The van der Waals surface area contributed by atoms with Crippen molar-refractivity contribution >= 4 is 5.95 Å². The summed E-state index contributed by atoms with van der Waals surface area (Å²) >= 11 is 0. The Labute approximate surface area is 127 Å². The van der Waals surface area contributed by atoms with Gasteiger partial charge in [0.15, 0.2) is 0 Å². The van der Waals surface area contributed by atoms with Crippen LogP contribution in [0.4, 0.5) is 5.95 Å². The third-order valence-electron chi connectivity index (χ3n) is 4.68. The van der Waals surface area contributed by atoms with Crippen molar-refractivity contribution in [3.05, 3.63) is 18.0 Å². The molecular formula is C16H26N4O. The zero-order chi connectivity index (χ0) is 14.7. The van der Waals surface area contributed by atoms with Gasteiger partial charge in [0, 0.05) is 44.0 Å². The summed E-state index contributed by atoms with van der Waals surface area (Å²) in [6.07, 6.45) is 6.25. The summed E-state index contributed by atoms with van der Waals surface area (Å²) < 4.78 is 5.91. The van der Waals surface area contributed by atoms with Crippen molar-refractivity contribution in [3.63, 3.8) is 0 Å². The molecule has 0 bridgehead atoms. The van der Waals surface area contributed by atoms with Crippen molar-refractivity contribution < 1.29 is 4.74 Å². The van der Waals surface area contributed by atoms with Gasteiger partial charge >= 0.3 is 0 Å². The summed E-state index contributed by atoms with van der Waals surface area (Å²) in [4.78, 5) is 13.9. The van der Waals surface area contributed by atoms with Gasteiger partial charge in [-0.3, -0.25) is 0 Å². The third kappa shape index (κ3) is 3.35. The number of likely N-dealkylation sites (N-methyl/N-ethyl adjacent to an activating group) is 1. The van der Waals surface area contributed by atoms with Crippen LogP contribution in [0.2, 0.25) is 0 Å². The van der Waals surface area contributed by atoms with E-state index < -0.39 is 0 Å². The van der Waals surface area contributed by atoms with E-state index in [9.17, 15) is 0 Å². The summed E-state index contributed by atoms with van der Waals surface area (Å²) in [5.74, 6) is 0.868. The van der Waals surface area contributed by atoms with Gasteiger partial charge in [-0.15, -0.1) is 0 Å². The van der Waals surface area contributed by atoms with Crippen LogP contribution < -0.4 is 4.90 Å². The minimum atomic E-state index is 0.235. The molecule has 1 aromatic rings. The summed E-state index contributed by atoms with van der Waals surface area (Å²) in [6.45, 7) is 11.3. The molecule has 1 unspecified atom stereocenters. The highest BCUT2D eigenvalue weighted by Crippen LogP contribution is 2.34. The normalized spacial score (nSPS) is 27.8. The average Bonchev–Trinajstić information content (AvgIpc) is 2.70. The van der Waals surface area contributed by atoms with Crippen molar-refractivity contribution in [1.29, 1.82) is 0 Å². The Hall–Kier alpha value is -1.20. The number of aryl methyl sites for hydroxylation is 1. The number of piperidine rings is 1. The number of anilines is 1. The predicted octanol–water partition coefficient (Wildman–Crippen LogP) is 1.72. The van der Waals surface area contributed by atoms with E-state index in [4.69, 9.17) is 4.74 Å². The Balaban J connectivity index is 1.76. The molecule has 2 saturated heterocycles. The number of aromatic nitrogens is 2. The minimum absolute atomic E-state index is 0.235. The standard InChI is InChI=1S/C16H26N4O/c1-3-19-7-8-21-13-16(11-19)5-4-6-20(12-16)15-17-9-14(2)10-18-15/h9-10H,3-8,11-13H2,1-2H3. The lowest BCUT2D eigenvalue weighted by Gasteiger charge is -2.43. The fourth-order valence-electron chi connectivity index (χ4n) is 3.53. The van der Waals surface area contributed by atoms with Crippen LogP contribution in [0.25, 0.3) is 0 Å². The second-order valence-electron chi connectivity index (χ2n) is 6.51. The van der Waals surface area contributed by atoms with Gasteiger partial charge < -0.3 is 14.5 Å². The molecule has 0 saturated carbocycles. The van der Waals surface area contributed by atoms with Gasteiger partial charge in [0.25, 0.3) is 0 Å². The molecule has 5 nitrogen and oxygen atoms in total. The Bertz CT molecular complexity index is 464. The lowest BCUT2D eigenvalue weighted by Crippen LogP contribution is -2.51. The first-order valence-corrected chi connectivity index (χ1v) is 8.04. The number of hydrogen-bond acceptors (Lipinski definition) is 5. The van der Waals surface area contributed by atoms with Crippen molar-refractivity contribution in [3.8, 4) is 0 Å². The number of nitrogens with zero attached hydrogens (tertiary/aromatic N) is 4. The molecule has 1 atom stereocenters. The summed E-state index contributed by atoms with van der Waals surface area (Å²) in [5.41, 5.74) is 1.35. The molecule has 2 aliphatic rings. The molecular weight excluding hydrogens is 264 g/mol. The quantitative estimate of drug-likeness (QED) is 0.829. The minimum Gasteiger partial charge on any atom is -0.379 e. The van der Waals surface area contributed by atoms with E-state index in [2.05, 4.69) is 26.7 Å². The molecule has 3 heterocycles. The first-order valence-electron chi connectivity index (χ1n) is 8.04. The molecule has 1 aromatic heterocycles. The van der Waals surface area contributed by atoms with E-state index >= 15 is 0 Å². The first kappa shape index (κ1) is 14.7. The first-order chi connectivity index (χ1) is 10.2. The van der Waals surface area contributed by atoms with Crippen molar-refractivity contribution in [2.24, 2.45) is 5.41 Å². The summed E-state index contributed by atoms with van der Waals surface area (Å²) in [5, 5.41) is 0.